The van der Waals surface area contributed by atoms with Crippen molar-refractivity contribution in [3.8, 4) is 0 Å². The summed E-state index contributed by atoms with van der Waals surface area (Å²) >= 11 is 1.44. The summed E-state index contributed by atoms with van der Waals surface area (Å²) in [6.45, 7) is 6.58. The van der Waals surface area contributed by atoms with Crippen LogP contribution in [0.2, 0.25) is 0 Å². The number of nitrogens with one attached hydrogen (secondary N) is 1. The minimum atomic E-state index is -0.492. The number of thiophene rings is 1. The van der Waals surface area contributed by atoms with Crippen LogP contribution in [0, 0.1) is 6.92 Å². The van der Waals surface area contributed by atoms with Crippen molar-refractivity contribution in [2.24, 2.45) is 12.8 Å². The van der Waals surface area contributed by atoms with Crippen LogP contribution in [0.5, 0.6) is 0 Å². The average molecular weight is 347 g/mol. The number of likely N-dealkylation sites (N-methyl/N-ethyl adjacent to an activating group) is 1. The summed E-state index contributed by atoms with van der Waals surface area (Å²) in [5.41, 5.74) is 8.23. The first-order valence-corrected chi connectivity index (χ1v) is 8.71. The molecule has 0 fully saturated rings. The smallest absolute Gasteiger partial charge is 0.274 e. The van der Waals surface area contributed by atoms with Gasteiger partial charge in [0.2, 0.25) is 0 Å². The van der Waals surface area contributed by atoms with Crippen molar-refractivity contribution in [2.75, 3.05) is 18.4 Å². The van der Waals surface area contributed by atoms with E-state index in [0.717, 1.165) is 42.2 Å². The van der Waals surface area contributed by atoms with Gasteiger partial charge in [0, 0.05) is 25.0 Å². The van der Waals surface area contributed by atoms with E-state index >= 15 is 0 Å². The molecule has 3 rings (SSSR count). The van der Waals surface area contributed by atoms with E-state index in [1.54, 1.807) is 13.1 Å². The van der Waals surface area contributed by atoms with Gasteiger partial charge in [-0.25, -0.2) is 0 Å². The Morgan fingerprint density at radius 2 is 2.21 bits per heavy atom. The third-order valence-corrected chi connectivity index (χ3v) is 5.42. The standard InChI is InChI=1S/C16H21N5O2S/c1-4-21-6-5-10-12(8-21)24-16(13(10)14(17)22)18-15(23)11-7-9(2)19-20(11)3/h7H,4-6,8H2,1-3H3,(H2,17,22)(H,18,23). The van der Waals surface area contributed by atoms with Gasteiger partial charge in [-0.15, -0.1) is 11.3 Å². The van der Waals surface area contributed by atoms with Crippen LogP contribution in [-0.4, -0.2) is 39.6 Å². The van der Waals surface area contributed by atoms with Crippen LogP contribution >= 0.6 is 11.3 Å². The molecule has 0 spiro atoms. The van der Waals surface area contributed by atoms with Crippen molar-refractivity contribution in [1.82, 2.24) is 14.7 Å². The largest absolute Gasteiger partial charge is 0.365 e. The second-order valence-corrected chi connectivity index (χ2v) is 7.04. The lowest BCUT2D eigenvalue weighted by atomic mass is 10.0. The van der Waals surface area contributed by atoms with Crippen LogP contribution in [0.25, 0.3) is 0 Å². The summed E-state index contributed by atoms with van der Waals surface area (Å²) in [5, 5.41) is 7.57. The highest BCUT2D eigenvalue weighted by Crippen LogP contribution is 2.37. The van der Waals surface area contributed by atoms with Crippen molar-refractivity contribution in [1.29, 1.82) is 0 Å². The zero-order valence-electron chi connectivity index (χ0n) is 14.0. The van der Waals surface area contributed by atoms with Crippen molar-refractivity contribution >= 4 is 28.2 Å². The van der Waals surface area contributed by atoms with E-state index in [-0.39, 0.29) is 5.91 Å². The molecule has 7 nitrogen and oxygen atoms in total. The number of anilines is 1. The molecule has 0 saturated heterocycles. The number of amides is 2. The Morgan fingerprint density at radius 1 is 1.46 bits per heavy atom. The molecule has 3 N–H and O–H groups in total. The molecule has 0 radical (unpaired) electrons. The number of hydrogen-bond acceptors (Lipinski definition) is 5. The van der Waals surface area contributed by atoms with Gasteiger partial charge in [0.1, 0.15) is 10.7 Å². The molecule has 1 aliphatic rings. The molecule has 0 aliphatic carbocycles. The predicted octanol–water partition coefficient (Wildman–Crippen LogP) is 1.52. The number of fused-ring (bicyclic) bond motifs is 1. The number of carbonyl (C=O) groups excluding carboxylic acids is 2. The van der Waals surface area contributed by atoms with E-state index in [0.29, 0.717) is 16.3 Å². The van der Waals surface area contributed by atoms with Gasteiger partial charge in [0.15, 0.2) is 0 Å². The van der Waals surface area contributed by atoms with Crippen LogP contribution in [0.3, 0.4) is 0 Å². The molecule has 2 amide bonds. The summed E-state index contributed by atoms with van der Waals surface area (Å²) in [6, 6.07) is 1.71. The van der Waals surface area contributed by atoms with Gasteiger partial charge in [-0.2, -0.15) is 5.10 Å². The Morgan fingerprint density at radius 3 is 2.79 bits per heavy atom. The zero-order chi connectivity index (χ0) is 17.4. The molecular formula is C16H21N5O2S. The fraction of sp³-hybridized carbons (Fsp3) is 0.438. The van der Waals surface area contributed by atoms with Crippen LogP contribution in [0.1, 0.15) is 43.9 Å². The van der Waals surface area contributed by atoms with Gasteiger partial charge >= 0.3 is 0 Å². The average Bonchev–Trinajstić information content (AvgIpc) is 3.05. The Bertz CT molecular complexity index is 808. The lowest BCUT2D eigenvalue weighted by molar-refractivity contribution is 0.1000. The Kier molecular flexibility index (Phi) is 4.42. The molecule has 0 unspecified atom stereocenters. The first-order chi connectivity index (χ1) is 11.4. The quantitative estimate of drug-likeness (QED) is 0.877. The summed E-state index contributed by atoms with van der Waals surface area (Å²) in [7, 11) is 1.72. The molecule has 2 aromatic rings. The summed E-state index contributed by atoms with van der Waals surface area (Å²) in [6.07, 6.45) is 0.776. The highest BCUT2D eigenvalue weighted by molar-refractivity contribution is 7.17. The molecule has 128 valence electrons. The van der Waals surface area contributed by atoms with Gasteiger partial charge in [-0.05, 0) is 31.5 Å². The van der Waals surface area contributed by atoms with Gasteiger partial charge < -0.3 is 11.1 Å². The van der Waals surface area contributed by atoms with Crippen LogP contribution in [-0.2, 0) is 20.0 Å². The molecule has 2 aromatic heterocycles. The molecule has 0 bridgehead atoms. The highest BCUT2D eigenvalue weighted by Gasteiger charge is 2.27. The molecule has 3 heterocycles. The van der Waals surface area contributed by atoms with E-state index in [9.17, 15) is 9.59 Å². The zero-order valence-corrected chi connectivity index (χ0v) is 14.9. The van der Waals surface area contributed by atoms with Crippen LogP contribution in [0.4, 0.5) is 5.00 Å². The number of nitrogens with two attached hydrogens (primary N) is 1. The molecule has 0 atom stereocenters. The van der Waals surface area contributed by atoms with E-state index in [2.05, 4.69) is 22.2 Å². The molecule has 0 saturated carbocycles. The van der Waals surface area contributed by atoms with E-state index in [1.165, 1.54) is 16.0 Å². The van der Waals surface area contributed by atoms with Crippen molar-refractivity contribution in [2.45, 2.75) is 26.8 Å². The maximum atomic E-state index is 12.5. The Balaban J connectivity index is 1.93. The number of hydrogen-bond donors (Lipinski definition) is 2. The third-order valence-electron chi connectivity index (χ3n) is 4.29. The topological polar surface area (TPSA) is 93.2 Å². The number of rotatable bonds is 4. The monoisotopic (exact) mass is 347 g/mol. The van der Waals surface area contributed by atoms with Crippen molar-refractivity contribution in [3.63, 3.8) is 0 Å². The molecular weight excluding hydrogens is 326 g/mol. The third kappa shape index (κ3) is 2.94. The molecule has 1 aliphatic heterocycles. The van der Waals surface area contributed by atoms with Gasteiger partial charge in [0.05, 0.1) is 11.3 Å². The van der Waals surface area contributed by atoms with Crippen molar-refractivity contribution in [3.05, 3.63) is 33.5 Å². The van der Waals surface area contributed by atoms with E-state index < -0.39 is 5.91 Å². The Labute approximate surface area is 144 Å². The predicted molar refractivity (Wildman–Crippen MR) is 93.4 cm³/mol. The normalized spacial score (nSPS) is 14.5. The fourth-order valence-electron chi connectivity index (χ4n) is 3.07. The number of nitrogens with zero attached hydrogens (tertiary/aromatic N) is 3. The maximum absolute atomic E-state index is 12.5. The summed E-state index contributed by atoms with van der Waals surface area (Å²) < 4.78 is 1.53. The number of aryl methyl sites for hydroxylation is 2. The fourth-order valence-corrected chi connectivity index (χ4v) is 4.36. The first-order valence-electron chi connectivity index (χ1n) is 7.89. The van der Waals surface area contributed by atoms with E-state index in [4.69, 9.17) is 5.73 Å². The lowest BCUT2D eigenvalue weighted by Gasteiger charge is -2.25. The molecule has 8 heteroatoms. The van der Waals surface area contributed by atoms with Gasteiger partial charge in [-0.1, -0.05) is 6.92 Å². The molecule has 0 aromatic carbocycles. The van der Waals surface area contributed by atoms with Crippen LogP contribution < -0.4 is 11.1 Å². The number of primary amides is 1. The SMILES string of the molecule is CCN1CCc2c(sc(NC(=O)c3cc(C)nn3C)c2C(N)=O)C1. The van der Waals surface area contributed by atoms with Crippen molar-refractivity contribution < 1.29 is 9.59 Å². The minimum Gasteiger partial charge on any atom is -0.365 e. The highest BCUT2D eigenvalue weighted by atomic mass is 32.1. The van der Waals surface area contributed by atoms with Gasteiger partial charge in [0.25, 0.3) is 11.8 Å². The van der Waals surface area contributed by atoms with Gasteiger partial charge in [-0.3, -0.25) is 19.2 Å². The number of carbonyl (C=O) groups is 2. The summed E-state index contributed by atoms with van der Waals surface area (Å²) in [5.74, 6) is -0.777. The second kappa shape index (κ2) is 6.37. The second-order valence-electron chi connectivity index (χ2n) is 5.94. The Hall–Kier alpha value is -2.19. The molecule has 24 heavy (non-hydrogen) atoms. The minimum absolute atomic E-state index is 0.286. The van der Waals surface area contributed by atoms with Crippen LogP contribution in [0.15, 0.2) is 6.07 Å². The van der Waals surface area contributed by atoms with E-state index in [1.807, 2.05) is 6.92 Å². The number of aromatic nitrogens is 2. The first kappa shape index (κ1) is 16.7. The maximum Gasteiger partial charge on any atom is 0.274 e. The summed E-state index contributed by atoms with van der Waals surface area (Å²) in [4.78, 5) is 27.9. The lowest BCUT2D eigenvalue weighted by Crippen LogP contribution is -2.30.